The first-order valence-corrected chi connectivity index (χ1v) is 6.52. The number of carbonyl (C=O) groups excluding carboxylic acids is 1. The summed E-state index contributed by atoms with van der Waals surface area (Å²) in [5.41, 5.74) is 5.32. The number of amides is 1. The Labute approximate surface area is 117 Å². The molecule has 20 heavy (non-hydrogen) atoms. The van der Waals surface area contributed by atoms with Crippen LogP contribution in [-0.4, -0.2) is 22.7 Å². The smallest absolute Gasteiger partial charge is 0.260 e. The predicted octanol–water partition coefficient (Wildman–Crippen LogP) is 2.47. The molecule has 0 atom stereocenters. The average molecular weight is 268 g/mol. The number of hydrogen-bond acceptors (Lipinski definition) is 2. The first-order chi connectivity index (χ1) is 9.61. The van der Waals surface area contributed by atoms with Crippen molar-refractivity contribution in [1.82, 2.24) is 4.98 Å². The highest BCUT2D eigenvalue weighted by Gasteiger charge is 2.31. The van der Waals surface area contributed by atoms with E-state index in [9.17, 15) is 9.90 Å². The van der Waals surface area contributed by atoms with Gasteiger partial charge >= 0.3 is 0 Å². The maximum atomic E-state index is 12.4. The number of para-hydroxylation sites is 1. The number of aromatic amines is 1. The van der Waals surface area contributed by atoms with Crippen LogP contribution in [0.25, 0.3) is 11.6 Å². The molecule has 2 heterocycles. The van der Waals surface area contributed by atoms with Crippen molar-refractivity contribution in [2.24, 2.45) is 0 Å². The molecular weight excluding hydrogens is 252 g/mol. The number of carbonyl (C=O) groups is 1. The summed E-state index contributed by atoms with van der Waals surface area (Å²) in [4.78, 5) is 17.0. The average Bonchev–Trinajstić information content (AvgIpc) is 2.88. The van der Waals surface area contributed by atoms with Gasteiger partial charge in [0.1, 0.15) is 6.73 Å². The Kier molecular flexibility index (Phi) is 2.95. The minimum absolute atomic E-state index is 0.166. The van der Waals surface area contributed by atoms with E-state index in [4.69, 9.17) is 0 Å². The van der Waals surface area contributed by atoms with Crippen LogP contribution in [0.3, 0.4) is 0 Å². The molecular formula is C16H16N2O2. The number of aryl methyl sites for hydroxylation is 2. The van der Waals surface area contributed by atoms with Crippen molar-refractivity contribution in [2.75, 3.05) is 11.6 Å². The standard InChI is InChI=1S/C16H16N2O2/c1-10-7-11(2)17-14(10)8-13-12-5-3-4-6-15(12)18(9-19)16(13)20/h3-8,17,19H,9H2,1-2H3/b13-8-. The fourth-order valence-electron chi connectivity index (χ4n) is 2.63. The molecule has 0 unspecified atom stereocenters. The number of benzene rings is 1. The SMILES string of the molecule is Cc1cc(C)c(/C=C2\C(=O)N(CO)c3ccccc32)[nH]1. The Hall–Kier alpha value is -2.33. The topological polar surface area (TPSA) is 56.3 Å². The lowest BCUT2D eigenvalue weighted by molar-refractivity contribution is -0.113. The van der Waals surface area contributed by atoms with E-state index in [0.29, 0.717) is 5.57 Å². The number of anilines is 1. The zero-order valence-electron chi connectivity index (χ0n) is 11.5. The van der Waals surface area contributed by atoms with Gasteiger partial charge in [-0.05, 0) is 37.6 Å². The summed E-state index contributed by atoms with van der Waals surface area (Å²) >= 11 is 0. The molecule has 2 aromatic rings. The van der Waals surface area contributed by atoms with Crippen molar-refractivity contribution in [2.45, 2.75) is 13.8 Å². The van der Waals surface area contributed by atoms with Crippen LogP contribution in [0.15, 0.2) is 30.3 Å². The number of aliphatic hydroxyl groups is 1. The molecule has 102 valence electrons. The Morgan fingerprint density at radius 1 is 1.30 bits per heavy atom. The van der Waals surface area contributed by atoms with E-state index in [1.54, 1.807) is 0 Å². The molecule has 0 bridgehead atoms. The van der Waals surface area contributed by atoms with Crippen LogP contribution >= 0.6 is 0 Å². The van der Waals surface area contributed by atoms with Gasteiger partial charge in [0, 0.05) is 17.0 Å². The van der Waals surface area contributed by atoms with Crippen LogP contribution in [0.5, 0.6) is 0 Å². The van der Waals surface area contributed by atoms with Crippen LogP contribution in [-0.2, 0) is 4.79 Å². The van der Waals surface area contributed by atoms with Gasteiger partial charge in [0.25, 0.3) is 5.91 Å². The maximum Gasteiger partial charge on any atom is 0.260 e. The molecule has 3 rings (SSSR count). The van der Waals surface area contributed by atoms with Crippen molar-refractivity contribution in [1.29, 1.82) is 0 Å². The summed E-state index contributed by atoms with van der Waals surface area (Å²) in [5.74, 6) is -0.166. The second kappa shape index (κ2) is 4.65. The van der Waals surface area contributed by atoms with Gasteiger partial charge in [-0.1, -0.05) is 18.2 Å². The van der Waals surface area contributed by atoms with E-state index >= 15 is 0 Å². The first kappa shape index (κ1) is 12.7. The lowest BCUT2D eigenvalue weighted by atomic mass is 10.1. The van der Waals surface area contributed by atoms with E-state index in [2.05, 4.69) is 4.98 Å². The third-order valence-electron chi connectivity index (χ3n) is 3.58. The van der Waals surface area contributed by atoms with Gasteiger partial charge in [0.2, 0.25) is 0 Å². The largest absolute Gasteiger partial charge is 0.376 e. The van der Waals surface area contributed by atoms with E-state index in [1.165, 1.54) is 4.90 Å². The minimum atomic E-state index is -0.310. The molecule has 0 radical (unpaired) electrons. The van der Waals surface area contributed by atoms with Crippen molar-refractivity contribution in [3.8, 4) is 0 Å². The fourth-order valence-corrected chi connectivity index (χ4v) is 2.63. The van der Waals surface area contributed by atoms with Crippen molar-refractivity contribution in [3.63, 3.8) is 0 Å². The fraction of sp³-hybridized carbons (Fsp3) is 0.188. The van der Waals surface area contributed by atoms with Crippen molar-refractivity contribution in [3.05, 3.63) is 52.8 Å². The number of fused-ring (bicyclic) bond motifs is 1. The molecule has 1 aliphatic heterocycles. The van der Waals surface area contributed by atoms with Gasteiger partial charge in [-0.3, -0.25) is 9.69 Å². The number of rotatable bonds is 2. The lowest BCUT2D eigenvalue weighted by Crippen LogP contribution is -2.26. The molecule has 1 amide bonds. The zero-order chi connectivity index (χ0) is 14.3. The van der Waals surface area contributed by atoms with Crippen molar-refractivity contribution >= 4 is 23.2 Å². The molecule has 0 aliphatic carbocycles. The van der Waals surface area contributed by atoms with Crippen LogP contribution in [0.1, 0.15) is 22.5 Å². The monoisotopic (exact) mass is 268 g/mol. The molecule has 1 aliphatic rings. The summed E-state index contributed by atoms with van der Waals surface area (Å²) in [5, 5.41) is 9.40. The van der Waals surface area contributed by atoms with Crippen LogP contribution in [0.2, 0.25) is 0 Å². The summed E-state index contributed by atoms with van der Waals surface area (Å²) in [6.07, 6.45) is 1.86. The number of hydrogen-bond donors (Lipinski definition) is 2. The minimum Gasteiger partial charge on any atom is -0.376 e. The van der Waals surface area contributed by atoms with E-state index in [0.717, 1.165) is 28.2 Å². The normalized spacial score (nSPS) is 16.1. The first-order valence-electron chi connectivity index (χ1n) is 6.52. The van der Waals surface area contributed by atoms with Crippen LogP contribution < -0.4 is 4.90 Å². The number of aromatic nitrogens is 1. The number of nitrogens with zero attached hydrogens (tertiary/aromatic N) is 1. The van der Waals surface area contributed by atoms with Gasteiger partial charge in [-0.15, -0.1) is 0 Å². The molecule has 0 fully saturated rings. The van der Waals surface area contributed by atoms with Crippen molar-refractivity contribution < 1.29 is 9.90 Å². The van der Waals surface area contributed by atoms with Gasteiger partial charge in [-0.25, -0.2) is 0 Å². The third-order valence-corrected chi connectivity index (χ3v) is 3.58. The summed E-state index contributed by atoms with van der Waals surface area (Å²) in [6, 6.07) is 9.55. The van der Waals surface area contributed by atoms with Crippen LogP contribution in [0, 0.1) is 13.8 Å². The number of H-pyrrole nitrogens is 1. The van der Waals surface area contributed by atoms with Gasteiger partial charge < -0.3 is 10.1 Å². The summed E-state index contributed by atoms with van der Waals surface area (Å²) in [7, 11) is 0. The van der Waals surface area contributed by atoms with Gasteiger partial charge in [0.15, 0.2) is 0 Å². The third kappa shape index (κ3) is 1.85. The molecule has 0 saturated heterocycles. The summed E-state index contributed by atoms with van der Waals surface area (Å²) < 4.78 is 0. The molecule has 1 aromatic carbocycles. The van der Waals surface area contributed by atoms with Gasteiger partial charge in [0.05, 0.1) is 11.3 Å². The Balaban J connectivity index is 2.15. The zero-order valence-corrected chi connectivity index (χ0v) is 11.5. The molecule has 4 nitrogen and oxygen atoms in total. The Bertz CT molecular complexity index is 713. The second-order valence-electron chi connectivity index (χ2n) is 5.00. The molecule has 0 spiro atoms. The molecule has 1 aromatic heterocycles. The molecule has 0 saturated carbocycles. The Morgan fingerprint density at radius 3 is 2.70 bits per heavy atom. The second-order valence-corrected chi connectivity index (χ2v) is 5.00. The van der Waals surface area contributed by atoms with Gasteiger partial charge in [-0.2, -0.15) is 0 Å². The highest BCUT2D eigenvalue weighted by atomic mass is 16.3. The van der Waals surface area contributed by atoms with E-state index in [1.807, 2.05) is 50.3 Å². The lowest BCUT2D eigenvalue weighted by Gasteiger charge is -2.12. The van der Waals surface area contributed by atoms with E-state index < -0.39 is 0 Å². The predicted molar refractivity (Wildman–Crippen MR) is 79.2 cm³/mol. The highest BCUT2D eigenvalue weighted by Crippen LogP contribution is 2.37. The Morgan fingerprint density at radius 2 is 2.05 bits per heavy atom. The van der Waals surface area contributed by atoms with E-state index in [-0.39, 0.29) is 12.6 Å². The number of aliphatic hydroxyl groups excluding tert-OH is 1. The molecule has 2 N–H and O–H groups in total. The number of nitrogens with one attached hydrogen (secondary N) is 1. The summed E-state index contributed by atoms with van der Waals surface area (Å²) in [6.45, 7) is 3.68. The van der Waals surface area contributed by atoms with Crippen LogP contribution in [0.4, 0.5) is 5.69 Å². The maximum absolute atomic E-state index is 12.4. The quantitative estimate of drug-likeness (QED) is 0.822. The molecule has 4 heteroatoms. The highest BCUT2D eigenvalue weighted by molar-refractivity contribution is 6.35.